The van der Waals surface area contributed by atoms with E-state index in [2.05, 4.69) is 10.3 Å². The number of nitro benzene ring substituents is 1. The highest BCUT2D eigenvalue weighted by Gasteiger charge is 2.11. The molecule has 0 radical (unpaired) electrons. The van der Waals surface area contributed by atoms with Crippen molar-refractivity contribution < 1.29 is 4.92 Å². The van der Waals surface area contributed by atoms with Crippen molar-refractivity contribution in [3.05, 3.63) is 49.9 Å². The van der Waals surface area contributed by atoms with Gasteiger partial charge in [-0.2, -0.15) is 0 Å². The van der Waals surface area contributed by atoms with Crippen molar-refractivity contribution >= 4 is 34.3 Å². The lowest BCUT2D eigenvalue weighted by molar-refractivity contribution is -0.384. The number of rotatable bonds is 4. The minimum absolute atomic E-state index is 0.0584. The molecule has 0 atom stereocenters. The molecule has 1 aromatic carbocycles. The van der Waals surface area contributed by atoms with Crippen LogP contribution in [0.5, 0.6) is 0 Å². The standard InChI is InChI=1S/C10H8ClN3O2S/c11-10-13-6-7(17-10)5-12-8-3-1-2-4-9(8)14(15)16/h1-4,6,12H,5H2. The summed E-state index contributed by atoms with van der Waals surface area (Å²) in [5, 5.41) is 13.8. The molecule has 5 nitrogen and oxygen atoms in total. The largest absolute Gasteiger partial charge is 0.375 e. The first kappa shape index (κ1) is 11.8. The van der Waals surface area contributed by atoms with E-state index in [-0.39, 0.29) is 5.69 Å². The second-order valence-corrected chi connectivity index (χ2v) is 4.90. The van der Waals surface area contributed by atoms with Crippen LogP contribution in [0, 0.1) is 10.1 Å². The Bertz CT molecular complexity index is 544. The first-order valence-corrected chi connectivity index (χ1v) is 5.94. The third-order valence-corrected chi connectivity index (χ3v) is 3.19. The van der Waals surface area contributed by atoms with Crippen LogP contribution < -0.4 is 5.32 Å². The van der Waals surface area contributed by atoms with Gasteiger partial charge in [-0.1, -0.05) is 23.7 Å². The summed E-state index contributed by atoms with van der Waals surface area (Å²) in [6.07, 6.45) is 1.65. The van der Waals surface area contributed by atoms with Crippen LogP contribution in [0.4, 0.5) is 11.4 Å². The monoisotopic (exact) mass is 269 g/mol. The van der Waals surface area contributed by atoms with Crippen molar-refractivity contribution in [1.82, 2.24) is 4.98 Å². The van der Waals surface area contributed by atoms with Gasteiger partial charge >= 0.3 is 0 Å². The van der Waals surface area contributed by atoms with Crippen LogP contribution in [0.15, 0.2) is 30.5 Å². The van der Waals surface area contributed by atoms with Crippen molar-refractivity contribution in [2.24, 2.45) is 0 Å². The number of halogens is 1. The van der Waals surface area contributed by atoms with E-state index >= 15 is 0 Å². The zero-order valence-electron chi connectivity index (χ0n) is 8.59. The Morgan fingerprint density at radius 1 is 1.47 bits per heavy atom. The van der Waals surface area contributed by atoms with E-state index in [9.17, 15) is 10.1 Å². The first-order valence-electron chi connectivity index (χ1n) is 4.74. The normalized spacial score (nSPS) is 10.2. The molecule has 88 valence electrons. The van der Waals surface area contributed by atoms with Crippen molar-refractivity contribution in [3.8, 4) is 0 Å². The second-order valence-electron chi connectivity index (χ2n) is 3.21. The summed E-state index contributed by atoms with van der Waals surface area (Å²) in [5.41, 5.74) is 0.546. The minimum atomic E-state index is -0.415. The predicted octanol–water partition coefficient (Wildman–Crippen LogP) is 3.32. The van der Waals surface area contributed by atoms with Gasteiger partial charge in [0, 0.05) is 17.1 Å². The summed E-state index contributed by atoms with van der Waals surface area (Å²) >= 11 is 7.04. The summed E-state index contributed by atoms with van der Waals surface area (Å²) in [5.74, 6) is 0. The van der Waals surface area contributed by atoms with Crippen LogP contribution in [0.3, 0.4) is 0 Å². The maximum atomic E-state index is 10.8. The quantitative estimate of drug-likeness (QED) is 0.683. The van der Waals surface area contributed by atoms with E-state index in [0.717, 1.165) is 4.88 Å². The molecule has 0 bridgehead atoms. The van der Waals surface area contributed by atoms with Gasteiger partial charge in [0.15, 0.2) is 4.47 Å². The molecule has 0 saturated carbocycles. The Morgan fingerprint density at radius 2 is 2.24 bits per heavy atom. The molecule has 17 heavy (non-hydrogen) atoms. The maximum absolute atomic E-state index is 10.8. The average molecular weight is 270 g/mol. The number of nitrogens with one attached hydrogen (secondary N) is 1. The lowest BCUT2D eigenvalue weighted by Gasteiger charge is -2.04. The highest BCUT2D eigenvalue weighted by Crippen LogP contribution is 2.25. The molecule has 0 aliphatic carbocycles. The fraction of sp³-hybridized carbons (Fsp3) is 0.100. The van der Waals surface area contributed by atoms with Gasteiger partial charge in [-0.15, -0.1) is 11.3 Å². The van der Waals surface area contributed by atoms with Gasteiger partial charge in [-0.05, 0) is 6.07 Å². The molecule has 0 aliphatic rings. The number of benzene rings is 1. The van der Waals surface area contributed by atoms with E-state index in [1.165, 1.54) is 17.4 Å². The van der Waals surface area contributed by atoms with Crippen molar-refractivity contribution in [2.45, 2.75) is 6.54 Å². The zero-order valence-corrected chi connectivity index (χ0v) is 10.2. The van der Waals surface area contributed by atoms with Gasteiger partial charge in [0.2, 0.25) is 0 Å². The molecular formula is C10H8ClN3O2S. The Balaban J connectivity index is 2.11. The third-order valence-electron chi connectivity index (χ3n) is 2.08. The molecule has 7 heteroatoms. The van der Waals surface area contributed by atoms with Crippen LogP contribution in [-0.4, -0.2) is 9.91 Å². The average Bonchev–Trinajstić information content (AvgIpc) is 2.73. The van der Waals surface area contributed by atoms with Crippen molar-refractivity contribution in [2.75, 3.05) is 5.32 Å². The maximum Gasteiger partial charge on any atom is 0.292 e. The van der Waals surface area contributed by atoms with Crippen molar-refractivity contribution in [1.29, 1.82) is 0 Å². The van der Waals surface area contributed by atoms with E-state index in [1.807, 2.05) is 0 Å². The number of para-hydroxylation sites is 2. The van der Waals surface area contributed by atoms with Gasteiger partial charge in [0.05, 0.1) is 11.5 Å². The van der Waals surface area contributed by atoms with Gasteiger partial charge in [0.25, 0.3) is 5.69 Å². The molecule has 0 amide bonds. The fourth-order valence-electron chi connectivity index (χ4n) is 1.33. The second kappa shape index (κ2) is 5.11. The summed E-state index contributed by atoms with van der Waals surface area (Å²) in [6, 6.07) is 6.50. The minimum Gasteiger partial charge on any atom is -0.375 e. The first-order chi connectivity index (χ1) is 8.16. The van der Waals surface area contributed by atoms with Crippen LogP contribution in [-0.2, 0) is 6.54 Å². The summed E-state index contributed by atoms with van der Waals surface area (Å²) in [4.78, 5) is 15.2. The van der Waals surface area contributed by atoms with Crippen LogP contribution in [0.2, 0.25) is 4.47 Å². The summed E-state index contributed by atoms with van der Waals surface area (Å²) in [6.45, 7) is 0.467. The Labute approximate surface area is 106 Å². The molecule has 1 N–H and O–H groups in total. The summed E-state index contributed by atoms with van der Waals surface area (Å²) in [7, 11) is 0. The molecule has 1 heterocycles. The number of thiazole rings is 1. The number of anilines is 1. The SMILES string of the molecule is O=[N+]([O-])c1ccccc1NCc1cnc(Cl)s1. The summed E-state index contributed by atoms with van der Waals surface area (Å²) < 4.78 is 0.462. The lowest BCUT2D eigenvalue weighted by Crippen LogP contribution is -2.01. The molecule has 0 fully saturated rings. The zero-order chi connectivity index (χ0) is 12.3. The smallest absolute Gasteiger partial charge is 0.292 e. The van der Waals surface area contributed by atoms with Crippen LogP contribution in [0.1, 0.15) is 4.88 Å². The Kier molecular flexibility index (Phi) is 3.55. The fourth-order valence-corrected chi connectivity index (χ4v) is 2.25. The van der Waals surface area contributed by atoms with Crippen LogP contribution in [0.25, 0.3) is 0 Å². The molecule has 2 aromatic rings. The highest BCUT2D eigenvalue weighted by atomic mass is 35.5. The Morgan fingerprint density at radius 3 is 2.88 bits per heavy atom. The van der Waals surface area contributed by atoms with E-state index < -0.39 is 4.92 Å². The van der Waals surface area contributed by atoms with Gasteiger partial charge < -0.3 is 5.32 Å². The third kappa shape index (κ3) is 2.92. The number of hydrogen-bond acceptors (Lipinski definition) is 5. The van der Waals surface area contributed by atoms with E-state index in [4.69, 9.17) is 11.6 Å². The van der Waals surface area contributed by atoms with Gasteiger partial charge in [-0.3, -0.25) is 10.1 Å². The lowest BCUT2D eigenvalue weighted by atomic mass is 10.2. The predicted molar refractivity (Wildman–Crippen MR) is 67.5 cm³/mol. The molecule has 1 aromatic heterocycles. The van der Waals surface area contributed by atoms with E-state index in [1.54, 1.807) is 24.4 Å². The highest BCUT2D eigenvalue weighted by molar-refractivity contribution is 7.15. The van der Waals surface area contributed by atoms with Crippen molar-refractivity contribution in [3.63, 3.8) is 0 Å². The van der Waals surface area contributed by atoms with Gasteiger partial charge in [-0.25, -0.2) is 4.98 Å². The molecule has 0 aliphatic heterocycles. The molecule has 0 spiro atoms. The molecule has 0 unspecified atom stereocenters. The van der Waals surface area contributed by atoms with Gasteiger partial charge in [0.1, 0.15) is 5.69 Å². The topological polar surface area (TPSA) is 68.1 Å². The van der Waals surface area contributed by atoms with E-state index in [0.29, 0.717) is 16.7 Å². The number of nitro groups is 1. The van der Waals surface area contributed by atoms with Crippen LogP contribution >= 0.6 is 22.9 Å². The Hall–Kier alpha value is -1.66. The number of hydrogen-bond donors (Lipinski definition) is 1. The molecular weight excluding hydrogens is 262 g/mol. The number of nitrogens with zero attached hydrogens (tertiary/aromatic N) is 2. The molecule has 0 saturated heterocycles. The number of aromatic nitrogens is 1. The molecule has 2 rings (SSSR count).